The molecule has 1 heterocycles. The van der Waals surface area contributed by atoms with Crippen LogP contribution >= 0.6 is 0 Å². The first kappa shape index (κ1) is 13.1. The van der Waals surface area contributed by atoms with Crippen molar-refractivity contribution in [3.63, 3.8) is 0 Å². The fourth-order valence-corrected chi connectivity index (χ4v) is 2.82. The zero-order valence-corrected chi connectivity index (χ0v) is 11.3. The van der Waals surface area contributed by atoms with Gasteiger partial charge < -0.3 is 15.4 Å². The molecular formula is C15H19N3O2. The Bertz CT molecular complexity index is 574. The number of aromatic nitrogens is 2. The van der Waals surface area contributed by atoms with Crippen molar-refractivity contribution in [1.82, 2.24) is 10.1 Å². The van der Waals surface area contributed by atoms with Crippen molar-refractivity contribution in [3.05, 3.63) is 30.2 Å². The Morgan fingerprint density at radius 2 is 1.95 bits per heavy atom. The van der Waals surface area contributed by atoms with E-state index in [-0.39, 0.29) is 5.75 Å². The van der Waals surface area contributed by atoms with Crippen LogP contribution in [0.15, 0.2) is 28.8 Å². The second kappa shape index (κ2) is 5.63. The molecule has 0 amide bonds. The largest absolute Gasteiger partial charge is 0.507 e. The van der Waals surface area contributed by atoms with Crippen LogP contribution in [0.4, 0.5) is 0 Å². The standard InChI is InChI=1S/C15H19N3O2/c16-9-10-5-7-11(8-6-10)15-17-14(18-20-15)12-3-1-2-4-13(12)19/h1-4,10-11,19H,5-9,16H2. The third-order valence-corrected chi connectivity index (χ3v) is 4.12. The van der Waals surface area contributed by atoms with Crippen LogP contribution in [0, 0.1) is 5.92 Å². The lowest BCUT2D eigenvalue weighted by molar-refractivity contribution is 0.275. The SMILES string of the molecule is NCC1CCC(c2nc(-c3ccccc3O)no2)CC1. The first-order valence-corrected chi connectivity index (χ1v) is 7.10. The average Bonchev–Trinajstić information content (AvgIpc) is 2.97. The van der Waals surface area contributed by atoms with Crippen molar-refractivity contribution < 1.29 is 9.63 Å². The lowest BCUT2D eigenvalue weighted by atomic mass is 9.82. The molecule has 0 aliphatic heterocycles. The molecule has 3 N–H and O–H groups in total. The highest BCUT2D eigenvalue weighted by Gasteiger charge is 2.26. The fourth-order valence-electron chi connectivity index (χ4n) is 2.82. The molecule has 5 heteroatoms. The summed E-state index contributed by atoms with van der Waals surface area (Å²) in [4.78, 5) is 4.45. The van der Waals surface area contributed by atoms with Crippen molar-refractivity contribution in [3.8, 4) is 17.1 Å². The molecule has 0 unspecified atom stereocenters. The van der Waals surface area contributed by atoms with Crippen LogP contribution in [0.3, 0.4) is 0 Å². The third kappa shape index (κ3) is 2.54. The summed E-state index contributed by atoms with van der Waals surface area (Å²) >= 11 is 0. The lowest BCUT2D eigenvalue weighted by Gasteiger charge is -2.24. The van der Waals surface area contributed by atoms with Crippen LogP contribution in [0.25, 0.3) is 11.4 Å². The van der Waals surface area contributed by atoms with Crippen LogP contribution in [-0.2, 0) is 0 Å². The molecule has 1 aromatic carbocycles. The van der Waals surface area contributed by atoms with Crippen molar-refractivity contribution in [2.75, 3.05) is 6.54 Å². The van der Waals surface area contributed by atoms with E-state index in [1.54, 1.807) is 18.2 Å². The van der Waals surface area contributed by atoms with Gasteiger partial charge in [0.25, 0.3) is 0 Å². The number of benzene rings is 1. The van der Waals surface area contributed by atoms with Gasteiger partial charge in [-0.2, -0.15) is 4.98 Å². The van der Waals surface area contributed by atoms with Crippen LogP contribution in [0.2, 0.25) is 0 Å². The van der Waals surface area contributed by atoms with Gasteiger partial charge in [-0.05, 0) is 50.3 Å². The molecule has 3 rings (SSSR count). The molecule has 0 bridgehead atoms. The molecule has 106 valence electrons. The lowest BCUT2D eigenvalue weighted by Crippen LogP contribution is -2.20. The van der Waals surface area contributed by atoms with E-state index in [9.17, 15) is 5.11 Å². The predicted octanol–water partition coefficient (Wildman–Crippen LogP) is 2.67. The minimum atomic E-state index is 0.173. The van der Waals surface area contributed by atoms with Gasteiger partial charge >= 0.3 is 0 Å². The summed E-state index contributed by atoms with van der Waals surface area (Å²) in [6, 6.07) is 7.03. The Labute approximate surface area is 117 Å². The average molecular weight is 273 g/mol. The van der Waals surface area contributed by atoms with E-state index < -0.39 is 0 Å². The number of phenolic OH excluding ortho intramolecular Hbond substituents is 1. The van der Waals surface area contributed by atoms with Gasteiger partial charge in [-0.25, -0.2) is 0 Å². The molecule has 5 nitrogen and oxygen atoms in total. The Hall–Kier alpha value is -1.88. The minimum Gasteiger partial charge on any atom is -0.507 e. The third-order valence-electron chi connectivity index (χ3n) is 4.12. The van der Waals surface area contributed by atoms with Gasteiger partial charge in [0.15, 0.2) is 0 Å². The van der Waals surface area contributed by atoms with E-state index in [0.29, 0.717) is 29.1 Å². The van der Waals surface area contributed by atoms with Crippen LogP contribution < -0.4 is 5.73 Å². The molecule has 0 spiro atoms. The second-order valence-corrected chi connectivity index (χ2v) is 5.43. The summed E-state index contributed by atoms with van der Waals surface area (Å²) in [5, 5.41) is 13.8. The number of nitrogens with two attached hydrogens (primary N) is 1. The number of rotatable bonds is 3. The van der Waals surface area contributed by atoms with Gasteiger partial charge in [-0.3, -0.25) is 0 Å². The van der Waals surface area contributed by atoms with Crippen LogP contribution in [0.5, 0.6) is 5.75 Å². The Balaban J connectivity index is 1.76. The van der Waals surface area contributed by atoms with Crippen molar-refractivity contribution in [2.24, 2.45) is 11.7 Å². The Morgan fingerprint density at radius 3 is 2.65 bits per heavy atom. The predicted molar refractivity (Wildman–Crippen MR) is 75.2 cm³/mol. The van der Waals surface area contributed by atoms with Crippen molar-refractivity contribution in [1.29, 1.82) is 0 Å². The van der Waals surface area contributed by atoms with Crippen LogP contribution in [0.1, 0.15) is 37.5 Å². The molecule has 1 aliphatic rings. The number of aromatic hydroxyl groups is 1. The van der Waals surface area contributed by atoms with Crippen molar-refractivity contribution >= 4 is 0 Å². The fraction of sp³-hybridized carbons (Fsp3) is 0.467. The van der Waals surface area contributed by atoms with E-state index in [4.69, 9.17) is 10.3 Å². The molecule has 2 aromatic rings. The molecule has 1 aromatic heterocycles. The maximum Gasteiger partial charge on any atom is 0.230 e. The number of nitrogens with zero attached hydrogens (tertiary/aromatic N) is 2. The van der Waals surface area contributed by atoms with Gasteiger partial charge in [0, 0.05) is 5.92 Å². The molecule has 1 saturated carbocycles. The van der Waals surface area contributed by atoms with E-state index in [0.717, 1.165) is 32.2 Å². The van der Waals surface area contributed by atoms with E-state index in [1.165, 1.54) is 0 Å². The highest BCUT2D eigenvalue weighted by Crippen LogP contribution is 2.36. The number of para-hydroxylation sites is 1. The van der Waals surface area contributed by atoms with E-state index >= 15 is 0 Å². The van der Waals surface area contributed by atoms with E-state index in [1.807, 2.05) is 6.07 Å². The van der Waals surface area contributed by atoms with Crippen LogP contribution in [-0.4, -0.2) is 21.8 Å². The quantitative estimate of drug-likeness (QED) is 0.898. The van der Waals surface area contributed by atoms with Gasteiger partial charge in [-0.15, -0.1) is 0 Å². The van der Waals surface area contributed by atoms with Gasteiger partial charge in [-0.1, -0.05) is 17.3 Å². The summed E-state index contributed by atoms with van der Waals surface area (Å²) in [5.74, 6) is 2.26. The molecule has 0 atom stereocenters. The highest BCUT2D eigenvalue weighted by atomic mass is 16.5. The zero-order chi connectivity index (χ0) is 13.9. The molecule has 20 heavy (non-hydrogen) atoms. The number of phenols is 1. The monoisotopic (exact) mass is 273 g/mol. The van der Waals surface area contributed by atoms with Gasteiger partial charge in [0.05, 0.1) is 5.56 Å². The Kier molecular flexibility index (Phi) is 3.69. The topological polar surface area (TPSA) is 85.2 Å². The molecule has 0 radical (unpaired) electrons. The Morgan fingerprint density at radius 1 is 1.20 bits per heavy atom. The smallest absolute Gasteiger partial charge is 0.230 e. The molecule has 1 aliphatic carbocycles. The number of hydrogen-bond donors (Lipinski definition) is 2. The minimum absolute atomic E-state index is 0.173. The summed E-state index contributed by atoms with van der Waals surface area (Å²) in [6.07, 6.45) is 4.33. The summed E-state index contributed by atoms with van der Waals surface area (Å²) in [6.45, 7) is 0.764. The molecule has 0 saturated heterocycles. The van der Waals surface area contributed by atoms with Gasteiger partial charge in [0.2, 0.25) is 11.7 Å². The molecular weight excluding hydrogens is 254 g/mol. The summed E-state index contributed by atoms with van der Waals surface area (Å²) in [7, 11) is 0. The van der Waals surface area contributed by atoms with Gasteiger partial charge in [0.1, 0.15) is 5.75 Å². The zero-order valence-electron chi connectivity index (χ0n) is 11.3. The summed E-state index contributed by atoms with van der Waals surface area (Å²) < 4.78 is 5.38. The first-order valence-electron chi connectivity index (χ1n) is 7.10. The summed E-state index contributed by atoms with van der Waals surface area (Å²) in [5.41, 5.74) is 6.31. The van der Waals surface area contributed by atoms with Crippen molar-refractivity contribution in [2.45, 2.75) is 31.6 Å². The highest BCUT2D eigenvalue weighted by molar-refractivity contribution is 5.62. The molecule has 1 fully saturated rings. The second-order valence-electron chi connectivity index (χ2n) is 5.43. The normalized spacial score (nSPS) is 22.9. The maximum absolute atomic E-state index is 9.81. The number of hydrogen-bond acceptors (Lipinski definition) is 5. The van der Waals surface area contributed by atoms with E-state index in [2.05, 4.69) is 10.1 Å². The first-order chi connectivity index (χ1) is 9.78. The maximum atomic E-state index is 9.81.